The van der Waals surface area contributed by atoms with Gasteiger partial charge in [-0.25, -0.2) is 4.68 Å². The summed E-state index contributed by atoms with van der Waals surface area (Å²) in [6, 6.07) is 7.99. The summed E-state index contributed by atoms with van der Waals surface area (Å²) in [5.74, 6) is 1.39. The van der Waals surface area contributed by atoms with E-state index < -0.39 is 0 Å². The van der Waals surface area contributed by atoms with E-state index in [1.165, 1.54) is 16.9 Å². The van der Waals surface area contributed by atoms with Crippen molar-refractivity contribution >= 4 is 10.9 Å². The number of pyridine rings is 1. The molecular weight excluding hydrogens is 376 g/mol. The Morgan fingerprint density at radius 2 is 2.13 bits per heavy atom. The zero-order valence-electron chi connectivity index (χ0n) is 18.7. The number of nitrogens with zero attached hydrogens (tertiary/aromatic N) is 4. The first-order valence-electron chi connectivity index (χ1n) is 11.1. The number of piperidine rings is 1. The molecule has 3 aromatic rings. The van der Waals surface area contributed by atoms with Crippen molar-refractivity contribution in [3.8, 4) is 0 Å². The number of benzene rings is 1. The van der Waals surface area contributed by atoms with Crippen LogP contribution < -0.4 is 10.5 Å². The smallest absolute Gasteiger partial charge is 0.258 e. The lowest BCUT2D eigenvalue weighted by Crippen LogP contribution is -3.14. The van der Waals surface area contributed by atoms with Crippen molar-refractivity contribution in [3.05, 3.63) is 51.6 Å². The van der Waals surface area contributed by atoms with Crippen LogP contribution in [0.3, 0.4) is 0 Å². The van der Waals surface area contributed by atoms with Crippen LogP contribution in [0.15, 0.2) is 29.1 Å². The Hall–Kier alpha value is -2.54. The lowest BCUT2D eigenvalue weighted by Gasteiger charge is -2.35. The van der Waals surface area contributed by atoms with Gasteiger partial charge in [-0.1, -0.05) is 25.5 Å². The molecule has 1 saturated heterocycles. The van der Waals surface area contributed by atoms with Crippen molar-refractivity contribution in [2.75, 3.05) is 13.1 Å². The molecule has 0 bridgehead atoms. The van der Waals surface area contributed by atoms with Gasteiger partial charge in [-0.2, -0.15) is 0 Å². The van der Waals surface area contributed by atoms with Crippen LogP contribution in [-0.4, -0.2) is 38.3 Å². The van der Waals surface area contributed by atoms with Gasteiger partial charge >= 0.3 is 0 Å². The van der Waals surface area contributed by atoms with Gasteiger partial charge in [0.15, 0.2) is 6.04 Å². The third-order valence-electron chi connectivity index (χ3n) is 6.74. The van der Waals surface area contributed by atoms with Gasteiger partial charge in [0.05, 0.1) is 24.2 Å². The molecule has 2 N–H and O–H groups in total. The molecule has 4 rings (SSSR count). The van der Waals surface area contributed by atoms with Crippen molar-refractivity contribution in [1.82, 2.24) is 25.2 Å². The zero-order valence-corrected chi connectivity index (χ0v) is 18.7. The summed E-state index contributed by atoms with van der Waals surface area (Å²) in [5.41, 5.74) is 2.51. The topological polar surface area (TPSA) is 80.9 Å². The van der Waals surface area contributed by atoms with E-state index in [0.29, 0.717) is 5.92 Å². The number of aromatic amines is 1. The van der Waals surface area contributed by atoms with Crippen LogP contribution in [0.4, 0.5) is 0 Å². The first kappa shape index (κ1) is 20.7. The van der Waals surface area contributed by atoms with Crippen molar-refractivity contribution in [2.24, 2.45) is 5.92 Å². The number of hydrogen-bond donors (Lipinski definition) is 2. The molecule has 0 radical (unpaired) electrons. The minimum Gasteiger partial charge on any atom is -0.322 e. The van der Waals surface area contributed by atoms with Gasteiger partial charge in [0.25, 0.3) is 5.56 Å². The van der Waals surface area contributed by atoms with Crippen molar-refractivity contribution in [3.63, 3.8) is 0 Å². The van der Waals surface area contributed by atoms with E-state index in [0.717, 1.165) is 48.2 Å². The number of hydrogen-bond acceptors (Lipinski definition) is 4. The Morgan fingerprint density at radius 3 is 2.87 bits per heavy atom. The molecule has 3 atom stereocenters. The van der Waals surface area contributed by atoms with E-state index in [1.54, 1.807) is 0 Å². The van der Waals surface area contributed by atoms with Gasteiger partial charge in [0.1, 0.15) is 0 Å². The Bertz CT molecular complexity index is 1100. The molecule has 0 aliphatic carbocycles. The average Bonchev–Trinajstić information content (AvgIpc) is 3.19. The molecule has 1 fully saturated rings. The fourth-order valence-electron chi connectivity index (χ4n) is 4.65. The van der Waals surface area contributed by atoms with E-state index in [9.17, 15) is 4.79 Å². The largest absolute Gasteiger partial charge is 0.322 e. The van der Waals surface area contributed by atoms with Gasteiger partial charge in [-0.05, 0) is 74.0 Å². The summed E-state index contributed by atoms with van der Waals surface area (Å²) < 4.78 is 1.93. The van der Waals surface area contributed by atoms with Crippen LogP contribution in [0.2, 0.25) is 0 Å². The molecule has 0 spiro atoms. The fraction of sp³-hybridized carbons (Fsp3) is 0.565. The Labute approximate surface area is 177 Å². The Balaban J connectivity index is 1.91. The molecule has 1 unspecified atom stereocenters. The molecule has 30 heavy (non-hydrogen) atoms. The number of fused-ring (bicyclic) bond motifs is 1. The first-order valence-corrected chi connectivity index (χ1v) is 11.1. The van der Waals surface area contributed by atoms with Crippen molar-refractivity contribution in [1.29, 1.82) is 0 Å². The second-order valence-corrected chi connectivity index (χ2v) is 9.55. The second kappa shape index (κ2) is 7.95. The van der Waals surface area contributed by atoms with Gasteiger partial charge < -0.3 is 9.88 Å². The molecule has 1 aliphatic heterocycles. The molecule has 0 amide bonds. The fourth-order valence-corrected chi connectivity index (χ4v) is 4.65. The van der Waals surface area contributed by atoms with E-state index in [1.807, 2.05) is 16.8 Å². The Morgan fingerprint density at radius 1 is 1.33 bits per heavy atom. The van der Waals surface area contributed by atoms with Crippen molar-refractivity contribution in [2.45, 2.75) is 65.5 Å². The van der Waals surface area contributed by atoms with Crippen LogP contribution in [0.5, 0.6) is 0 Å². The standard InChI is InChI=1S/C23H32N6O/c1-6-23(4,5)29-21(25-26-27-29)20(28-11-7-8-16(3)14-28)18-13-17-12-15(2)9-10-19(17)24-22(18)30/h9-10,12-13,16,20H,6-8,11,14H2,1-5H3,(H,24,30)/p+1/t16-,20-/m0/s1. The van der Waals surface area contributed by atoms with Gasteiger partial charge in [0.2, 0.25) is 5.82 Å². The molecular formula is C23H33N6O+. The van der Waals surface area contributed by atoms with E-state index >= 15 is 0 Å². The number of aryl methyl sites for hydroxylation is 1. The van der Waals surface area contributed by atoms with Crippen LogP contribution in [0.1, 0.15) is 70.0 Å². The molecule has 1 aromatic carbocycles. The van der Waals surface area contributed by atoms with Gasteiger partial charge in [-0.15, -0.1) is 5.10 Å². The average molecular weight is 410 g/mol. The third kappa shape index (κ3) is 3.78. The maximum absolute atomic E-state index is 13.3. The summed E-state index contributed by atoms with van der Waals surface area (Å²) >= 11 is 0. The van der Waals surface area contributed by atoms with E-state index in [-0.39, 0.29) is 17.1 Å². The molecule has 2 aromatic heterocycles. The van der Waals surface area contributed by atoms with Gasteiger partial charge in [-0.3, -0.25) is 4.79 Å². The molecule has 7 nitrogen and oxygen atoms in total. The number of tetrazole rings is 1. The number of rotatable bonds is 5. The predicted molar refractivity (Wildman–Crippen MR) is 118 cm³/mol. The Kier molecular flexibility index (Phi) is 5.49. The third-order valence-corrected chi connectivity index (χ3v) is 6.74. The number of nitrogens with one attached hydrogen (secondary N) is 2. The summed E-state index contributed by atoms with van der Waals surface area (Å²) in [6.07, 6.45) is 3.28. The van der Waals surface area contributed by atoms with Crippen LogP contribution in [0.25, 0.3) is 10.9 Å². The van der Waals surface area contributed by atoms with Crippen LogP contribution >= 0.6 is 0 Å². The molecule has 0 saturated carbocycles. The highest BCUT2D eigenvalue weighted by Crippen LogP contribution is 2.25. The summed E-state index contributed by atoms with van der Waals surface area (Å²) in [6.45, 7) is 12.8. The minimum atomic E-state index is -0.224. The zero-order chi connectivity index (χ0) is 21.5. The van der Waals surface area contributed by atoms with E-state index in [4.69, 9.17) is 0 Å². The maximum atomic E-state index is 13.3. The number of aromatic nitrogens is 5. The van der Waals surface area contributed by atoms with Crippen molar-refractivity contribution < 1.29 is 4.90 Å². The van der Waals surface area contributed by atoms with Crippen LogP contribution in [0, 0.1) is 12.8 Å². The lowest BCUT2D eigenvalue weighted by atomic mass is 9.94. The SMILES string of the molecule is CCC(C)(C)n1nnnc1[C@H](c1cc2cc(C)ccc2[nH]c1=O)[NH+]1CCC[C@H](C)C1. The predicted octanol–water partition coefficient (Wildman–Crippen LogP) is 2.37. The number of likely N-dealkylation sites (tertiary alicyclic amines) is 1. The quantitative estimate of drug-likeness (QED) is 0.678. The minimum absolute atomic E-state index is 0.0501. The van der Waals surface area contributed by atoms with Gasteiger partial charge in [0, 0.05) is 11.4 Å². The molecule has 1 aliphatic rings. The molecule has 3 heterocycles. The second-order valence-electron chi connectivity index (χ2n) is 9.55. The highest BCUT2D eigenvalue weighted by molar-refractivity contribution is 5.79. The summed E-state index contributed by atoms with van der Waals surface area (Å²) in [5, 5.41) is 13.9. The number of H-pyrrole nitrogens is 1. The lowest BCUT2D eigenvalue weighted by molar-refractivity contribution is -0.934. The van der Waals surface area contributed by atoms with Crippen LogP contribution in [-0.2, 0) is 5.54 Å². The molecule has 7 heteroatoms. The normalized spacial score (nSPS) is 21.1. The monoisotopic (exact) mass is 409 g/mol. The summed E-state index contributed by atoms with van der Waals surface area (Å²) in [7, 11) is 0. The summed E-state index contributed by atoms with van der Waals surface area (Å²) in [4.78, 5) is 17.7. The highest BCUT2D eigenvalue weighted by atomic mass is 16.1. The molecule has 160 valence electrons. The maximum Gasteiger partial charge on any atom is 0.258 e. The van der Waals surface area contributed by atoms with E-state index in [2.05, 4.69) is 67.3 Å². The number of quaternary nitrogens is 1. The highest BCUT2D eigenvalue weighted by Gasteiger charge is 2.38. The first-order chi connectivity index (χ1) is 14.3.